The Hall–Kier alpha value is -1.83. The third-order valence-corrected chi connectivity index (χ3v) is 4.54. The number of nitrogens with one attached hydrogen (secondary N) is 1. The summed E-state index contributed by atoms with van der Waals surface area (Å²) in [6.07, 6.45) is 4.66. The van der Waals surface area contributed by atoms with Crippen LogP contribution in [-0.2, 0) is 6.54 Å². The van der Waals surface area contributed by atoms with Crippen molar-refractivity contribution >= 4 is 5.91 Å². The van der Waals surface area contributed by atoms with Crippen molar-refractivity contribution in [3.05, 3.63) is 17.5 Å². The molecule has 1 heterocycles. The molecule has 0 bridgehead atoms. The highest BCUT2D eigenvalue weighted by atomic mass is 16.2. The van der Waals surface area contributed by atoms with Gasteiger partial charge in [0.1, 0.15) is 11.2 Å². The molecule has 114 valence electrons. The van der Waals surface area contributed by atoms with Crippen LogP contribution in [-0.4, -0.2) is 21.2 Å². The number of rotatable bonds is 4. The van der Waals surface area contributed by atoms with E-state index in [0.717, 1.165) is 37.8 Å². The number of nitrogens with zero attached hydrogens (tertiary/aromatic N) is 3. The molecule has 1 aromatic rings. The highest BCUT2D eigenvalue weighted by Crippen LogP contribution is 2.33. The molecule has 1 amide bonds. The van der Waals surface area contributed by atoms with Crippen LogP contribution in [0.25, 0.3) is 0 Å². The number of carbonyl (C=O) groups excluding carboxylic acids is 1. The van der Waals surface area contributed by atoms with Gasteiger partial charge in [-0.15, -0.1) is 0 Å². The maximum Gasteiger partial charge on any atom is 0.270 e. The predicted molar refractivity (Wildman–Crippen MR) is 80.7 cm³/mol. The van der Waals surface area contributed by atoms with Gasteiger partial charge in [-0.2, -0.15) is 10.4 Å². The van der Waals surface area contributed by atoms with Crippen molar-refractivity contribution < 1.29 is 4.79 Å². The predicted octanol–water partition coefficient (Wildman–Crippen LogP) is 2.80. The molecule has 0 aliphatic heterocycles. The molecule has 0 spiro atoms. The van der Waals surface area contributed by atoms with Gasteiger partial charge in [0, 0.05) is 6.54 Å². The van der Waals surface area contributed by atoms with Crippen LogP contribution in [0.4, 0.5) is 0 Å². The van der Waals surface area contributed by atoms with Gasteiger partial charge in [0.25, 0.3) is 5.91 Å². The highest BCUT2D eigenvalue weighted by molar-refractivity contribution is 5.93. The zero-order valence-corrected chi connectivity index (χ0v) is 13.1. The number of carbonyl (C=O) groups is 1. The quantitative estimate of drug-likeness (QED) is 0.926. The van der Waals surface area contributed by atoms with Gasteiger partial charge in [-0.3, -0.25) is 9.48 Å². The highest BCUT2D eigenvalue weighted by Gasteiger charge is 2.37. The van der Waals surface area contributed by atoms with Crippen LogP contribution in [0.2, 0.25) is 0 Å². The van der Waals surface area contributed by atoms with E-state index in [0.29, 0.717) is 18.2 Å². The van der Waals surface area contributed by atoms with E-state index in [1.54, 1.807) is 10.7 Å². The number of nitriles is 1. The van der Waals surface area contributed by atoms with Gasteiger partial charge in [-0.1, -0.05) is 13.3 Å². The molecule has 1 aliphatic carbocycles. The fourth-order valence-corrected chi connectivity index (χ4v) is 3.09. The van der Waals surface area contributed by atoms with Gasteiger partial charge < -0.3 is 5.32 Å². The molecule has 21 heavy (non-hydrogen) atoms. The summed E-state index contributed by atoms with van der Waals surface area (Å²) in [4.78, 5) is 12.5. The average Bonchev–Trinajstić information content (AvgIpc) is 2.89. The van der Waals surface area contributed by atoms with Gasteiger partial charge in [0.2, 0.25) is 0 Å². The first-order valence-electron chi connectivity index (χ1n) is 7.81. The topological polar surface area (TPSA) is 70.7 Å². The minimum atomic E-state index is -0.709. The van der Waals surface area contributed by atoms with E-state index in [9.17, 15) is 10.1 Å². The zero-order valence-electron chi connectivity index (χ0n) is 13.1. The Morgan fingerprint density at radius 3 is 2.71 bits per heavy atom. The Labute approximate surface area is 126 Å². The first-order chi connectivity index (χ1) is 10.0. The third kappa shape index (κ3) is 3.26. The molecular weight excluding hydrogens is 264 g/mol. The summed E-state index contributed by atoms with van der Waals surface area (Å²) in [6.45, 7) is 6.66. The molecule has 0 unspecified atom stereocenters. The molecule has 1 fully saturated rings. The minimum Gasteiger partial charge on any atom is -0.332 e. The Balaban J connectivity index is 2.12. The van der Waals surface area contributed by atoms with E-state index in [1.807, 2.05) is 13.8 Å². The normalized spacial score (nSPS) is 25.3. The summed E-state index contributed by atoms with van der Waals surface area (Å²) in [6, 6.07) is 4.12. The molecule has 1 aromatic heterocycles. The molecule has 0 atom stereocenters. The lowest BCUT2D eigenvalue weighted by Crippen LogP contribution is -2.50. The van der Waals surface area contributed by atoms with E-state index < -0.39 is 5.54 Å². The first kappa shape index (κ1) is 15.6. The van der Waals surface area contributed by atoms with E-state index in [-0.39, 0.29) is 5.91 Å². The van der Waals surface area contributed by atoms with Gasteiger partial charge >= 0.3 is 0 Å². The minimum absolute atomic E-state index is 0.186. The summed E-state index contributed by atoms with van der Waals surface area (Å²) >= 11 is 0. The first-order valence-corrected chi connectivity index (χ1v) is 7.81. The molecule has 0 radical (unpaired) electrons. The summed E-state index contributed by atoms with van der Waals surface area (Å²) in [5, 5.41) is 16.8. The summed E-state index contributed by atoms with van der Waals surface area (Å²) in [7, 11) is 0. The second-order valence-corrected chi connectivity index (χ2v) is 5.99. The van der Waals surface area contributed by atoms with E-state index in [1.165, 1.54) is 0 Å². The second kappa shape index (κ2) is 6.30. The maximum absolute atomic E-state index is 12.5. The van der Waals surface area contributed by atoms with E-state index >= 15 is 0 Å². The standard InChI is InChI=1S/C16H24N4O/c1-4-13-6-8-16(11-17,9-7-13)18-15(21)14-10-12(3)19-20(14)5-2/h10,13H,4-9H2,1-3H3,(H,18,21). The van der Waals surface area contributed by atoms with E-state index in [4.69, 9.17) is 0 Å². The number of amides is 1. The number of aryl methyl sites for hydroxylation is 2. The van der Waals surface area contributed by atoms with Crippen molar-refractivity contribution in [1.82, 2.24) is 15.1 Å². The van der Waals surface area contributed by atoms with Crippen LogP contribution < -0.4 is 5.32 Å². The zero-order chi connectivity index (χ0) is 15.5. The second-order valence-electron chi connectivity index (χ2n) is 5.99. The van der Waals surface area contributed by atoms with Gasteiger partial charge in [0.05, 0.1) is 11.8 Å². The van der Waals surface area contributed by atoms with Crippen molar-refractivity contribution in [2.45, 2.75) is 65.0 Å². The maximum atomic E-state index is 12.5. The largest absolute Gasteiger partial charge is 0.332 e. The van der Waals surface area contributed by atoms with Crippen molar-refractivity contribution in [3.63, 3.8) is 0 Å². The van der Waals surface area contributed by atoms with Gasteiger partial charge in [0.15, 0.2) is 0 Å². The Kier molecular flexibility index (Phi) is 4.66. The number of hydrogen-bond donors (Lipinski definition) is 1. The molecule has 2 rings (SSSR count). The van der Waals surface area contributed by atoms with Crippen molar-refractivity contribution in [2.75, 3.05) is 0 Å². The molecule has 5 nitrogen and oxygen atoms in total. The lowest BCUT2D eigenvalue weighted by Gasteiger charge is -2.35. The van der Waals surface area contributed by atoms with Gasteiger partial charge in [-0.25, -0.2) is 0 Å². The smallest absolute Gasteiger partial charge is 0.270 e. The third-order valence-electron chi connectivity index (χ3n) is 4.54. The Bertz CT molecular complexity index is 547. The van der Waals surface area contributed by atoms with Crippen LogP contribution in [0, 0.1) is 24.2 Å². The van der Waals surface area contributed by atoms with Crippen molar-refractivity contribution in [2.24, 2.45) is 5.92 Å². The fraction of sp³-hybridized carbons (Fsp3) is 0.688. The average molecular weight is 288 g/mol. The molecule has 1 N–H and O–H groups in total. The van der Waals surface area contributed by atoms with Crippen molar-refractivity contribution in [3.8, 4) is 6.07 Å². The van der Waals surface area contributed by atoms with Crippen LogP contribution in [0.3, 0.4) is 0 Å². The van der Waals surface area contributed by atoms with Crippen LogP contribution in [0.15, 0.2) is 6.07 Å². The summed E-state index contributed by atoms with van der Waals surface area (Å²) in [5.41, 5.74) is 0.657. The lowest BCUT2D eigenvalue weighted by molar-refractivity contribution is 0.0880. The Morgan fingerprint density at radius 1 is 1.52 bits per heavy atom. The van der Waals surface area contributed by atoms with E-state index in [2.05, 4.69) is 23.4 Å². The number of aromatic nitrogens is 2. The molecule has 1 saturated carbocycles. The molecular formula is C16H24N4O. The number of hydrogen-bond acceptors (Lipinski definition) is 3. The van der Waals surface area contributed by atoms with Gasteiger partial charge in [-0.05, 0) is 51.5 Å². The summed E-state index contributed by atoms with van der Waals surface area (Å²) in [5.74, 6) is 0.501. The van der Waals surface area contributed by atoms with Crippen molar-refractivity contribution in [1.29, 1.82) is 5.26 Å². The summed E-state index contributed by atoms with van der Waals surface area (Å²) < 4.78 is 1.69. The molecule has 5 heteroatoms. The van der Waals surface area contributed by atoms with Crippen LogP contribution in [0.5, 0.6) is 0 Å². The van der Waals surface area contributed by atoms with Crippen LogP contribution in [0.1, 0.15) is 62.1 Å². The SMILES string of the molecule is CCC1CCC(C#N)(NC(=O)c2cc(C)nn2CC)CC1. The monoisotopic (exact) mass is 288 g/mol. The molecule has 0 aromatic carbocycles. The Morgan fingerprint density at radius 2 is 2.19 bits per heavy atom. The lowest BCUT2D eigenvalue weighted by atomic mass is 9.76. The van der Waals surface area contributed by atoms with Crippen LogP contribution >= 0.6 is 0 Å². The fourth-order valence-electron chi connectivity index (χ4n) is 3.09. The molecule has 1 aliphatic rings. The molecule has 0 saturated heterocycles.